The minimum Gasteiger partial charge on any atom is -0.298 e. The monoisotopic (exact) mass is 772 g/mol. The summed E-state index contributed by atoms with van der Waals surface area (Å²) in [5, 5.41) is 0. The first-order chi connectivity index (χ1) is 27.3. The van der Waals surface area contributed by atoms with E-state index in [0.717, 1.165) is 58.7 Å². The average molecular weight is 773 g/mol. The van der Waals surface area contributed by atoms with Crippen LogP contribution in [0.3, 0.4) is 0 Å². The molecule has 3 heterocycles. The van der Waals surface area contributed by atoms with Crippen LogP contribution in [-0.4, -0.2) is 46.0 Å². The molecule has 0 atom stereocenters. The number of aromatic amines is 1. The van der Waals surface area contributed by atoms with Crippen molar-refractivity contribution in [3.8, 4) is 0 Å². The first-order valence-corrected chi connectivity index (χ1v) is 17.8. The van der Waals surface area contributed by atoms with Crippen molar-refractivity contribution >= 4 is 57.8 Å². The predicted octanol–water partition coefficient (Wildman–Crippen LogP) is 9.03. The van der Waals surface area contributed by atoms with Gasteiger partial charge in [0.05, 0.1) is 0 Å². The van der Waals surface area contributed by atoms with Crippen LogP contribution in [0.15, 0.2) is 167 Å². The molecule has 0 radical (unpaired) electrons. The number of aliphatic imine (C=N–C) groups is 2. The molecule has 274 valence electrons. The van der Waals surface area contributed by atoms with Crippen molar-refractivity contribution in [3.63, 3.8) is 0 Å². The quantitative estimate of drug-likeness (QED) is 0.0554. The van der Waals surface area contributed by atoms with Crippen LogP contribution < -0.4 is 0 Å². The molecule has 0 unspecified atom stereocenters. The van der Waals surface area contributed by atoms with Gasteiger partial charge in [-0.3, -0.25) is 27.9 Å². The van der Waals surface area contributed by atoms with Crippen molar-refractivity contribution < 1.29 is 34.2 Å². The molecule has 2 aliphatic heterocycles. The Bertz CT molecular complexity index is 2650. The molecule has 7 rings (SSSR count). The normalized spacial score (nSPS) is 15.4. The predicted molar refractivity (Wildman–Crippen MR) is 218 cm³/mol. The summed E-state index contributed by atoms with van der Waals surface area (Å²) in [6.07, 6.45) is 11.8. The standard InChI is InChI=1S/C47H31N4O4.Ni/c1-2-39(48)45(35-13-7-32(27-53)8-14-35)40-21-22-43(50-40)47(37-17-11-34(29-55)12-18-37)44-24-23-42(51-44)46(36-15-9-33(28-54)10-16-36)41-20-19-38(49-41)25-30-3-5-31(26-52)6-4-30;/h1-24,26-29H,(H3,48,49,50,51,53,54,55);/q-1;/p-1. The van der Waals surface area contributed by atoms with Gasteiger partial charge in [-0.2, -0.15) is 0 Å². The van der Waals surface area contributed by atoms with E-state index in [1.807, 2.05) is 60.7 Å². The van der Waals surface area contributed by atoms with E-state index in [9.17, 15) is 19.2 Å². The van der Waals surface area contributed by atoms with Gasteiger partial charge in [0.1, 0.15) is 12.6 Å². The molecule has 0 amide bonds. The zero-order chi connectivity index (χ0) is 39.2. The molecule has 2 aliphatic rings. The number of carbonyl (C=O) groups excluding carboxylic acids is 4. The van der Waals surface area contributed by atoms with Crippen molar-refractivity contribution in [1.29, 1.82) is 0 Å². The van der Waals surface area contributed by atoms with E-state index in [1.165, 1.54) is 6.08 Å². The average Bonchev–Trinajstić information content (AvgIpc) is 4.05. The number of hydrogen-bond donors (Lipinski definition) is 1. The second-order valence-corrected chi connectivity index (χ2v) is 13.2. The number of nitrogens with zero attached hydrogens (tertiary/aromatic N) is 2. The Hall–Kier alpha value is -7.22. The Morgan fingerprint density at radius 3 is 1.30 bits per heavy atom. The molecule has 0 bridgehead atoms. The molecule has 5 aromatic rings. The molecule has 2 N–H and O–H groups in total. The number of nitrogens with one attached hydrogen (secondary N) is 2. The third kappa shape index (κ3) is 7.57. The first kappa shape index (κ1) is 37.1. The minimum absolute atomic E-state index is 0.0622. The number of rotatable bonds is 13. The number of benzene rings is 4. The van der Waals surface area contributed by atoms with Crippen molar-refractivity contribution in [2.75, 3.05) is 0 Å². The van der Waals surface area contributed by atoms with Gasteiger partial charge in [0.15, 0.2) is 0 Å². The topological polar surface area (TPSA) is 133 Å². The third-order valence-corrected chi connectivity index (χ3v) is 9.74. The van der Waals surface area contributed by atoms with Gasteiger partial charge in [-0.25, -0.2) is 0 Å². The second kappa shape index (κ2) is 16.4. The Balaban J connectivity index is 1.36. The van der Waals surface area contributed by atoms with E-state index in [-0.39, 0.29) is 5.70 Å². The zero-order valence-electron chi connectivity index (χ0n) is 29.5. The fourth-order valence-corrected chi connectivity index (χ4v) is 6.68. The Kier molecular flexibility index (Phi) is 10.9. The van der Waals surface area contributed by atoms with Crippen LogP contribution in [0.4, 0.5) is 0 Å². The fourth-order valence-electron chi connectivity index (χ4n) is 6.38. The summed E-state index contributed by atoms with van der Waals surface area (Å²) >= 11 is 5.42. The number of aromatic nitrogens is 1. The summed E-state index contributed by atoms with van der Waals surface area (Å²) in [6, 6.07) is 32.2. The number of hydrogen-bond acceptors (Lipinski definition) is 6. The number of allylic oxidation sites excluding steroid dienone is 6. The first-order valence-electron chi connectivity index (χ1n) is 17.3. The summed E-state index contributed by atoms with van der Waals surface area (Å²) in [5.41, 5.74) is 19.6. The zero-order valence-corrected chi connectivity index (χ0v) is 30.5. The van der Waals surface area contributed by atoms with E-state index >= 15 is 0 Å². The molecule has 0 fully saturated rings. The summed E-state index contributed by atoms with van der Waals surface area (Å²) < 4.78 is 0.570. The van der Waals surface area contributed by atoms with Crippen LogP contribution in [0.25, 0.3) is 22.5 Å². The molecule has 4 aromatic carbocycles. The van der Waals surface area contributed by atoms with E-state index in [2.05, 4.69) is 4.98 Å². The summed E-state index contributed by atoms with van der Waals surface area (Å²) in [4.78, 5) is 59.2. The van der Waals surface area contributed by atoms with Crippen molar-refractivity contribution in [2.45, 2.75) is 0 Å². The molecule has 0 saturated carbocycles. The Morgan fingerprint density at radius 1 is 0.518 bits per heavy atom. The van der Waals surface area contributed by atoms with Crippen LogP contribution in [-0.2, 0) is 15.0 Å². The maximum atomic E-state index is 11.6. The molecule has 56 heavy (non-hydrogen) atoms. The fraction of sp³-hybridized carbons (Fsp3) is 0. The SMILES string of the molecule is [CH-]=C/C([NH-])=C(C1=N/C(=C(/c2ccc(C=O)cc2)c2ccc(/C(=C3/C=CC([C](=[Ni])c4ccc(C=O)cc4)=N3)c3ccc(C=O)cc3)[nH]2)C=C1)\c1ccc(C=O)cc1. The maximum absolute atomic E-state index is 11.6. The van der Waals surface area contributed by atoms with Crippen molar-refractivity contribution in [2.24, 2.45) is 9.98 Å². The molecule has 0 spiro atoms. The molecule has 0 saturated heterocycles. The van der Waals surface area contributed by atoms with Gasteiger partial charge in [0, 0.05) is 11.1 Å². The van der Waals surface area contributed by atoms with Gasteiger partial charge in [0.2, 0.25) is 0 Å². The van der Waals surface area contributed by atoms with Gasteiger partial charge < -0.3 is 5.73 Å². The van der Waals surface area contributed by atoms with Crippen LogP contribution in [0.5, 0.6) is 0 Å². The van der Waals surface area contributed by atoms with Gasteiger partial charge in [0.25, 0.3) is 0 Å². The number of carbonyl (C=O) groups is 4. The van der Waals surface area contributed by atoms with Gasteiger partial charge in [-0.05, 0) is 5.56 Å². The summed E-state index contributed by atoms with van der Waals surface area (Å²) in [7, 11) is 0. The van der Waals surface area contributed by atoms with Gasteiger partial charge in [-0.15, -0.1) is 0 Å². The Morgan fingerprint density at radius 2 is 0.893 bits per heavy atom. The van der Waals surface area contributed by atoms with Crippen LogP contribution in [0, 0.1) is 6.58 Å². The minimum atomic E-state index is 0.0622. The van der Waals surface area contributed by atoms with E-state index in [0.29, 0.717) is 66.4 Å². The third-order valence-electron chi connectivity index (χ3n) is 9.21. The molecule has 8 nitrogen and oxygen atoms in total. The summed E-state index contributed by atoms with van der Waals surface area (Å²) in [5.74, 6) is 0. The molecule has 1 aromatic heterocycles. The van der Waals surface area contributed by atoms with Crippen LogP contribution >= 0.6 is 0 Å². The molecule has 0 aliphatic carbocycles. The van der Waals surface area contributed by atoms with Crippen LogP contribution in [0.1, 0.15) is 75.1 Å². The molecular weight excluding hydrogens is 743 g/mol. The molecular formula is C47H30N4NiO4-2. The van der Waals surface area contributed by atoms with E-state index in [4.69, 9.17) is 37.3 Å². The summed E-state index contributed by atoms with van der Waals surface area (Å²) in [6.45, 7) is 5.85. The van der Waals surface area contributed by atoms with Gasteiger partial charge in [-0.1, -0.05) is 29.8 Å². The van der Waals surface area contributed by atoms with E-state index in [1.54, 1.807) is 72.8 Å². The van der Waals surface area contributed by atoms with Gasteiger partial charge >= 0.3 is 239 Å². The van der Waals surface area contributed by atoms with Crippen molar-refractivity contribution in [3.05, 3.63) is 225 Å². The van der Waals surface area contributed by atoms with Crippen molar-refractivity contribution in [1.82, 2.24) is 4.98 Å². The smallest absolute Gasteiger partial charge is 0.298 e. The van der Waals surface area contributed by atoms with E-state index < -0.39 is 0 Å². The molecule has 9 heteroatoms. The number of H-pyrrole nitrogens is 1. The Labute approximate surface area is 330 Å². The number of aldehydes is 4. The van der Waals surface area contributed by atoms with Crippen LogP contribution in [0.2, 0.25) is 0 Å². The second-order valence-electron chi connectivity index (χ2n) is 12.7.